The number of hydrogen-bond donors (Lipinski definition) is 2. The number of nitrogens with two attached hydrogens (primary N) is 1. The van der Waals surface area contributed by atoms with Crippen molar-refractivity contribution in [2.24, 2.45) is 11.7 Å². The van der Waals surface area contributed by atoms with Crippen LogP contribution in [0.1, 0.15) is 25.8 Å². The molecule has 1 unspecified atom stereocenters. The van der Waals surface area contributed by atoms with Gasteiger partial charge in [-0.25, -0.2) is 8.42 Å². The normalized spacial score (nSPS) is 13.1. The summed E-state index contributed by atoms with van der Waals surface area (Å²) in [5.74, 6) is -0.788. The van der Waals surface area contributed by atoms with Crippen LogP contribution in [0.4, 0.5) is 0 Å². The second-order valence-electron chi connectivity index (χ2n) is 5.79. The molecule has 0 aromatic heterocycles. The molecule has 3 N–H and O–H groups in total. The van der Waals surface area contributed by atoms with Crippen molar-refractivity contribution in [1.82, 2.24) is 5.32 Å². The lowest BCUT2D eigenvalue weighted by atomic mass is 10.0. The number of benzene rings is 1. The van der Waals surface area contributed by atoms with E-state index in [9.17, 15) is 13.2 Å². The summed E-state index contributed by atoms with van der Waals surface area (Å²) in [6, 6.07) is 6.86. The molecule has 0 spiro atoms. The fraction of sp³-hybridized carbons (Fsp3) is 0.533. The first-order chi connectivity index (χ1) is 10.2. The molecule has 0 aliphatic heterocycles. The van der Waals surface area contributed by atoms with Gasteiger partial charge < -0.3 is 11.1 Å². The molecule has 0 aliphatic carbocycles. The van der Waals surface area contributed by atoms with Gasteiger partial charge in [-0.05, 0) is 30.0 Å². The highest BCUT2D eigenvalue weighted by Gasteiger charge is 2.20. The third-order valence-electron chi connectivity index (χ3n) is 3.03. The van der Waals surface area contributed by atoms with Crippen molar-refractivity contribution in [2.45, 2.75) is 32.1 Å². The van der Waals surface area contributed by atoms with E-state index in [1.54, 1.807) is 18.2 Å². The Morgan fingerprint density at radius 2 is 2.05 bits per heavy atom. The van der Waals surface area contributed by atoms with E-state index in [0.717, 1.165) is 10.9 Å². The predicted octanol–water partition coefficient (Wildman–Crippen LogP) is 1.85. The Balaban J connectivity index is 2.61. The van der Waals surface area contributed by atoms with Gasteiger partial charge in [0.1, 0.15) is 5.75 Å². The lowest BCUT2D eigenvalue weighted by Gasteiger charge is -2.18. The molecule has 1 aromatic carbocycles. The maximum Gasteiger partial charge on any atom is 0.235 e. The fourth-order valence-electron chi connectivity index (χ4n) is 2.18. The fourth-order valence-corrected chi connectivity index (χ4v) is 3.90. The zero-order valence-corrected chi connectivity index (χ0v) is 15.3. The zero-order chi connectivity index (χ0) is 16.8. The third-order valence-corrected chi connectivity index (χ3v) is 5.00. The number of rotatable bonds is 8. The van der Waals surface area contributed by atoms with Crippen LogP contribution in [0.15, 0.2) is 28.7 Å². The maximum atomic E-state index is 12.1. The van der Waals surface area contributed by atoms with Crippen LogP contribution in [0.25, 0.3) is 0 Å². The molecule has 22 heavy (non-hydrogen) atoms. The summed E-state index contributed by atoms with van der Waals surface area (Å²) in [5, 5.41) is 2.70. The van der Waals surface area contributed by atoms with Gasteiger partial charge in [0.25, 0.3) is 0 Å². The van der Waals surface area contributed by atoms with Crippen molar-refractivity contribution in [2.75, 3.05) is 12.3 Å². The van der Waals surface area contributed by atoms with Gasteiger partial charge in [0.2, 0.25) is 5.91 Å². The molecule has 5 nitrogen and oxygen atoms in total. The molecule has 0 saturated heterocycles. The molecular formula is C15H23BrN2O3S. The predicted molar refractivity (Wildman–Crippen MR) is 92.1 cm³/mol. The van der Waals surface area contributed by atoms with Gasteiger partial charge in [-0.2, -0.15) is 0 Å². The largest absolute Gasteiger partial charge is 0.351 e. The first-order valence-electron chi connectivity index (χ1n) is 7.16. The number of hydrogen-bond acceptors (Lipinski definition) is 4. The second-order valence-corrected chi connectivity index (χ2v) is 8.77. The van der Waals surface area contributed by atoms with Gasteiger partial charge in [-0.1, -0.05) is 41.9 Å². The topological polar surface area (TPSA) is 89.3 Å². The number of carbonyl (C=O) groups excluding carboxylic acids is 1. The molecule has 1 aromatic rings. The number of halogens is 1. The number of carbonyl (C=O) groups is 1. The molecule has 1 rings (SSSR count). The lowest BCUT2D eigenvalue weighted by Crippen LogP contribution is -2.43. The van der Waals surface area contributed by atoms with Crippen molar-refractivity contribution in [3.05, 3.63) is 34.3 Å². The Morgan fingerprint density at radius 3 is 2.59 bits per heavy atom. The summed E-state index contributed by atoms with van der Waals surface area (Å²) in [7, 11) is -3.51. The SMILES string of the molecule is CC(C)CC(CN)NC(=O)CS(=O)(=O)Cc1cccc(Br)c1. The van der Waals surface area contributed by atoms with E-state index in [4.69, 9.17) is 5.73 Å². The van der Waals surface area contributed by atoms with E-state index in [0.29, 0.717) is 18.0 Å². The summed E-state index contributed by atoms with van der Waals surface area (Å²) in [5.41, 5.74) is 6.26. The quantitative estimate of drug-likeness (QED) is 0.708. The van der Waals surface area contributed by atoms with Gasteiger partial charge in [0.05, 0.1) is 5.75 Å². The number of sulfone groups is 1. The average Bonchev–Trinajstić information content (AvgIpc) is 2.35. The maximum absolute atomic E-state index is 12.1. The smallest absolute Gasteiger partial charge is 0.235 e. The van der Waals surface area contributed by atoms with E-state index in [1.165, 1.54) is 0 Å². The van der Waals surface area contributed by atoms with Crippen LogP contribution in [-0.4, -0.2) is 32.7 Å². The van der Waals surface area contributed by atoms with Crippen molar-refractivity contribution in [3.63, 3.8) is 0 Å². The summed E-state index contributed by atoms with van der Waals surface area (Å²) in [4.78, 5) is 11.9. The summed E-state index contributed by atoms with van der Waals surface area (Å²) < 4.78 is 25.0. The number of amides is 1. The van der Waals surface area contributed by atoms with Crippen LogP contribution in [0.5, 0.6) is 0 Å². The van der Waals surface area contributed by atoms with Crippen molar-refractivity contribution in [1.29, 1.82) is 0 Å². The van der Waals surface area contributed by atoms with Crippen LogP contribution in [0.2, 0.25) is 0 Å². The van der Waals surface area contributed by atoms with Crippen LogP contribution in [0.3, 0.4) is 0 Å². The van der Waals surface area contributed by atoms with Crippen molar-refractivity contribution >= 4 is 31.7 Å². The minimum Gasteiger partial charge on any atom is -0.351 e. The Bertz CT molecular complexity index is 603. The highest BCUT2D eigenvalue weighted by Crippen LogP contribution is 2.14. The molecular weight excluding hydrogens is 368 g/mol. The summed E-state index contributed by atoms with van der Waals surface area (Å²) in [6.45, 7) is 4.35. The van der Waals surface area contributed by atoms with Crippen LogP contribution >= 0.6 is 15.9 Å². The van der Waals surface area contributed by atoms with Crippen LogP contribution in [0, 0.1) is 5.92 Å². The Kier molecular flexibility index (Phi) is 7.52. The highest BCUT2D eigenvalue weighted by molar-refractivity contribution is 9.10. The molecule has 7 heteroatoms. The summed E-state index contributed by atoms with van der Waals surface area (Å²) >= 11 is 3.30. The molecule has 0 bridgehead atoms. The van der Waals surface area contributed by atoms with Crippen LogP contribution in [-0.2, 0) is 20.4 Å². The van der Waals surface area contributed by atoms with E-state index < -0.39 is 21.5 Å². The minimum absolute atomic E-state index is 0.155. The zero-order valence-electron chi connectivity index (χ0n) is 12.9. The summed E-state index contributed by atoms with van der Waals surface area (Å²) in [6.07, 6.45) is 0.730. The minimum atomic E-state index is -3.51. The first kappa shape index (κ1) is 19.1. The lowest BCUT2D eigenvalue weighted by molar-refractivity contribution is -0.119. The van der Waals surface area contributed by atoms with Gasteiger partial charge in [0.15, 0.2) is 9.84 Å². The van der Waals surface area contributed by atoms with E-state index >= 15 is 0 Å². The molecule has 0 heterocycles. The standard InChI is InChI=1S/C15H23BrN2O3S/c1-11(2)6-14(8-17)18-15(19)10-22(20,21)9-12-4-3-5-13(16)7-12/h3-5,7,11,14H,6,8-10,17H2,1-2H3,(H,18,19). The molecule has 1 amide bonds. The molecule has 1 atom stereocenters. The van der Waals surface area contributed by atoms with Crippen molar-refractivity contribution in [3.8, 4) is 0 Å². The second kappa shape index (κ2) is 8.64. The monoisotopic (exact) mass is 390 g/mol. The molecule has 0 saturated carbocycles. The van der Waals surface area contributed by atoms with Gasteiger partial charge in [-0.15, -0.1) is 0 Å². The van der Waals surface area contributed by atoms with Gasteiger partial charge in [0, 0.05) is 17.1 Å². The highest BCUT2D eigenvalue weighted by atomic mass is 79.9. The van der Waals surface area contributed by atoms with Crippen molar-refractivity contribution < 1.29 is 13.2 Å². The third kappa shape index (κ3) is 7.38. The van der Waals surface area contributed by atoms with Crippen LogP contribution < -0.4 is 11.1 Å². The van der Waals surface area contributed by atoms with Gasteiger partial charge in [-0.3, -0.25) is 4.79 Å². The molecule has 0 aliphatic rings. The van der Waals surface area contributed by atoms with E-state index in [-0.39, 0.29) is 11.8 Å². The van der Waals surface area contributed by atoms with E-state index in [1.807, 2.05) is 19.9 Å². The molecule has 0 radical (unpaired) electrons. The Morgan fingerprint density at radius 1 is 1.36 bits per heavy atom. The molecule has 124 valence electrons. The van der Waals surface area contributed by atoms with Gasteiger partial charge >= 0.3 is 0 Å². The number of nitrogens with one attached hydrogen (secondary N) is 1. The average molecular weight is 391 g/mol. The van der Waals surface area contributed by atoms with E-state index in [2.05, 4.69) is 21.2 Å². The molecule has 0 fully saturated rings. The Hall–Kier alpha value is -0.920. The first-order valence-corrected chi connectivity index (χ1v) is 9.77. The Labute approximate surface area is 140 Å².